The SMILES string of the molecule is CC1=C(C(=O)OC(C)C)C(c2ccc(Cl)c(Cl)c2)NC(=O)N1. The molecule has 5 nitrogen and oxygen atoms in total. The number of carbonyl (C=O) groups excluding carboxylic acids is 2. The smallest absolute Gasteiger partial charge is 0.338 e. The predicted octanol–water partition coefficient (Wildman–Crippen LogP) is 3.57. The Hall–Kier alpha value is -1.72. The third kappa shape index (κ3) is 3.54. The summed E-state index contributed by atoms with van der Waals surface area (Å²) in [5.74, 6) is -0.490. The number of amides is 2. The molecule has 0 aromatic heterocycles. The van der Waals surface area contributed by atoms with Crippen LogP contribution in [0, 0.1) is 0 Å². The van der Waals surface area contributed by atoms with Crippen LogP contribution >= 0.6 is 23.2 Å². The Kier molecular flexibility index (Phi) is 4.98. The summed E-state index contributed by atoms with van der Waals surface area (Å²) < 4.78 is 5.25. The summed E-state index contributed by atoms with van der Waals surface area (Å²) in [7, 11) is 0. The molecule has 22 heavy (non-hydrogen) atoms. The molecular weight excluding hydrogens is 327 g/mol. The van der Waals surface area contributed by atoms with Crippen LogP contribution in [0.5, 0.6) is 0 Å². The van der Waals surface area contributed by atoms with Gasteiger partial charge in [0.05, 0.1) is 27.8 Å². The Bertz CT molecular complexity index is 656. The summed E-state index contributed by atoms with van der Waals surface area (Å²) in [6, 6.07) is 3.91. The molecule has 1 heterocycles. The lowest BCUT2D eigenvalue weighted by atomic mass is 9.95. The molecule has 1 aliphatic rings. The van der Waals surface area contributed by atoms with Crippen LogP contribution in [-0.4, -0.2) is 18.1 Å². The van der Waals surface area contributed by atoms with Gasteiger partial charge in [0.25, 0.3) is 0 Å². The Morgan fingerprint density at radius 2 is 1.95 bits per heavy atom. The summed E-state index contributed by atoms with van der Waals surface area (Å²) in [6.45, 7) is 5.17. The van der Waals surface area contributed by atoms with Gasteiger partial charge in [0, 0.05) is 5.70 Å². The first-order valence-corrected chi connectivity index (χ1v) is 7.49. The lowest BCUT2D eigenvalue weighted by Gasteiger charge is -2.28. The lowest BCUT2D eigenvalue weighted by molar-refractivity contribution is -0.143. The van der Waals surface area contributed by atoms with Gasteiger partial charge in [0.15, 0.2) is 0 Å². The molecule has 0 saturated carbocycles. The van der Waals surface area contributed by atoms with Crippen LogP contribution in [0.25, 0.3) is 0 Å². The molecule has 1 aliphatic heterocycles. The van der Waals surface area contributed by atoms with E-state index in [4.69, 9.17) is 27.9 Å². The molecule has 1 aromatic rings. The van der Waals surface area contributed by atoms with Crippen molar-refractivity contribution < 1.29 is 14.3 Å². The van der Waals surface area contributed by atoms with Crippen LogP contribution in [-0.2, 0) is 9.53 Å². The molecule has 0 saturated heterocycles. The zero-order chi connectivity index (χ0) is 16.4. The number of esters is 1. The van der Waals surface area contributed by atoms with E-state index in [1.54, 1.807) is 39.0 Å². The van der Waals surface area contributed by atoms with Gasteiger partial charge in [-0.25, -0.2) is 9.59 Å². The summed E-state index contributed by atoms with van der Waals surface area (Å²) in [6.07, 6.45) is -0.264. The molecule has 118 valence electrons. The highest BCUT2D eigenvalue weighted by Crippen LogP contribution is 2.31. The van der Waals surface area contributed by atoms with E-state index < -0.39 is 18.0 Å². The highest BCUT2D eigenvalue weighted by molar-refractivity contribution is 6.42. The average Bonchev–Trinajstić information content (AvgIpc) is 2.39. The molecular formula is C15H16Cl2N2O3. The van der Waals surface area contributed by atoms with E-state index in [1.165, 1.54) is 0 Å². The van der Waals surface area contributed by atoms with Crippen molar-refractivity contribution in [1.82, 2.24) is 10.6 Å². The van der Waals surface area contributed by atoms with Crippen LogP contribution < -0.4 is 10.6 Å². The maximum Gasteiger partial charge on any atom is 0.338 e. The highest BCUT2D eigenvalue weighted by Gasteiger charge is 2.32. The topological polar surface area (TPSA) is 67.4 Å². The van der Waals surface area contributed by atoms with Crippen molar-refractivity contribution in [2.45, 2.75) is 32.9 Å². The number of ether oxygens (including phenoxy) is 1. The van der Waals surface area contributed by atoms with Crippen molar-refractivity contribution in [2.24, 2.45) is 0 Å². The van der Waals surface area contributed by atoms with Gasteiger partial charge in [0.1, 0.15) is 0 Å². The largest absolute Gasteiger partial charge is 0.459 e. The molecule has 2 amide bonds. The van der Waals surface area contributed by atoms with Gasteiger partial charge < -0.3 is 15.4 Å². The molecule has 1 unspecified atom stereocenters. The minimum Gasteiger partial charge on any atom is -0.459 e. The molecule has 1 atom stereocenters. The maximum absolute atomic E-state index is 12.3. The minimum absolute atomic E-state index is 0.264. The Balaban J connectivity index is 2.45. The van der Waals surface area contributed by atoms with E-state index in [9.17, 15) is 9.59 Å². The summed E-state index contributed by atoms with van der Waals surface area (Å²) >= 11 is 11.9. The van der Waals surface area contributed by atoms with Crippen molar-refractivity contribution in [3.05, 3.63) is 45.1 Å². The van der Waals surface area contributed by atoms with Crippen molar-refractivity contribution in [2.75, 3.05) is 0 Å². The molecule has 2 N–H and O–H groups in total. The number of nitrogens with one attached hydrogen (secondary N) is 2. The molecule has 2 rings (SSSR count). The van der Waals surface area contributed by atoms with Crippen LogP contribution in [0.4, 0.5) is 4.79 Å². The number of halogens is 2. The zero-order valence-electron chi connectivity index (χ0n) is 12.4. The van der Waals surface area contributed by atoms with Crippen molar-refractivity contribution in [3.63, 3.8) is 0 Å². The molecule has 7 heteroatoms. The second kappa shape index (κ2) is 6.58. The fourth-order valence-corrected chi connectivity index (χ4v) is 2.49. The molecule has 0 aliphatic carbocycles. The van der Waals surface area contributed by atoms with Crippen molar-refractivity contribution in [3.8, 4) is 0 Å². The Labute approximate surface area is 138 Å². The normalized spacial score (nSPS) is 18.1. The van der Waals surface area contributed by atoms with E-state index in [0.29, 0.717) is 26.9 Å². The highest BCUT2D eigenvalue weighted by atomic mass is 35.5. The number of hydrogen-bond acceptors (Lipinski definition) is 3. The fraction of sp³-hybridized carbons (Fsp3) is 0.333. The monoisotopic (exact) mass is 342 g/mol. The van der Waals surface area contributed by atoms with Crippen LogP contribution in [0.2, 0.25) is 10.0 Å². The Morgan fingerprint density at radius 3 is 2.55 bits per heavy atom. The summed E-state index contributed by atoms with van der Waals surface area (Å²) in [5.41, 5.74) is 1.44. The van der Waals surface area contributed by atoms with E-state index in [2.05, 4.69) is 10.6 Å². The molecule has 0 radical (unpaired) electrons. The average molecular weight is 343 g/mol. The second-order valence-corrected chi connectivity index (χ2v) is 6.01. The number of allylic oxidation sites excluding steroid dienone is 1. The first-order chi connectivity index (χ1) is 10.3. The van der Waals surface area contributed by atoms with Gasteiger partial charge in [-0.05, 0) is 38.5 Å². The van der Waals surface area contributed by atoms with Gasteiger partial charge >= 0.3 is 12.0 Å². The summed E-state index contributed by atoms with van der Waals surface area (Å²) in [4.78, 5) is 24.1. The quantitative estimate of drug-likeness (QED) is 0.825. The number of benzene rings is 1. The number of rotatable bonds is 3. The van der Waals surface area contributed by atoms with Gasteiger partial charge in [-0.15, -0.1) is 0 Å². The zero-order valence-corrected chi connectivity index (χ0v) is 13.9. The second-order valence-electron chi connectivity index (χ2n) is 5.20. The number of urea groups is 1. The lowest BCUT2D eigenvalue weighted by Crippen LogP contribution is -2.45. The van der Waals surface area contributed by atoms with E-state index in [1.807, 2.05) is 0 Å². The van der Waals surface area contributed by atoms with Gasteiger partial charge in [-0.2, -0.15) is 0 Å². The minimum atomic E-state index is -0.644. The predicted molar refractivity (Wildman–Crippen MR) is 84.8 cm³/mol. The van der Waals surface area contributed by atoms with Gasteiger partial charge in [-0.3, -0.25) is 0 Å². The standard InChI is InChI=1S/C15H16Cl2N2O3/c1-7(2)22-14(20)12-8(3)18-15(21)19-13(12)9-4-5-10(16)11(17)6-9/h4-7,13H,1-3H3,(H2,18,19,21). The maximum atomic E-state index is 12.3. The molecule has 0 spiro atoms. The third-order valence-corrected chi connectivity index (χ3v) is 3.85. The van der Waals surface area contributed by atoms with Crippen LogP contribution in [0.1, 0.15) is 32.4 Å². The van der Waals surface area contributed by atoms with Crippen molar-refractivity contribution in [1.29, 1.82) is 0 Å². The molecule has 0 fully saturated rings. The molecule has 0 bridgehead atoms. The van der Waals surface area contributed by atoms with Crippen molar-refractivity contribution >= 4 is 35.2 Å². The van der Waals surface area contributed by atoms with E-state index >= 15 is 0 Å². The third-order valence-electron chi connectivity index (χ3n) is 3.11. The van der Waals surface area contributed by atoms with E-state index in [0.717, 1.165) is 0 Å². The number of carbonyl (C=O) groups is 2. The van der Waals surface area contributed by atoms with E-state index in [-0.39, 0.29) is 6.10 Å². The van der Waals surface area contributed by atoms with Crippen LogP contribution in [0.3, 0.4) is 0 Å². The molecule has 1 aromatic carbocycles. The fourth-order valence-electron chi connectivity index (χ4n) is 2.18. The van der Waals surface area contributed by atoms with Crippen LogP contribution in [0.15, 0.2) is 29.5 Å². The Morgan fingerprint density at radius 1 is 1.27 bits per heavy atom. The van der Waals surface area contributed by atoms with Gasteiger partial charge in [0.2, 0.25) is 0 Å². The first-order valence-electron chi connectivity index (χ1n) is 6.73. The number of hydrogen-bond donors (Lipinski definition) is 2. The van der Waals surface area contributed by atoms with Gasteiger partial charge in [-0.1, -0.05) is 29.3 Å². The summed E-state index contributed by atoms with van der Waals surface area (Å²) in [5, 5.41) is 6.03. The first kappa shape index (κ1) is 16.6.